The Bertz CT molecular complexity index is 335. The third-order valence-corrected chi connectivity index (χ3v) is 2.99. The lowest BCUT2D eigenvalue weighted by atomic mass is 10.1. The molecule has 0 aromatic carbocycles. The Hall–Kier alpha value is -1.58. The van der Waals surface area contributed by atoms with Crippen molar-refractivity contribution < 1.29 is 14.4 Å². The van der Waals surface area contributed by atoms with Crippen LogP contribution in [0.4, 0.5) is 0 Å². The largest absolute Gasteiger partial charge is 0.355 e. The van der Waals surface area contributed by atoms with E-state index < -0.39 is 11.9 Å². The van der Waals surface area contributed by atoms with E-state index >= 15 is 0 Å². The molecule has 0 spiro atoms. The smallest absolute Gasteiger partial charge is 0.336 e. The Morgan fingerprint density at radius 3 is 2.24 bits per heavy atom. The van der Waals surface area contributed by atoms with Crippen LogP contribution < -0.4 is 5.48 Å². The lowest BCUT2D eigenvalue weighted by Crippen LogP contribution is -2.24. The fraction of sp³-hybridized carbons (Fsp3) is 0.647. The molecule has 0 saturated heterocycles. The fourth-order valence-corrected chi connectivity index (χ4v) is 1.79. The van der Waals surface area contributed by atoms with Crippen molar-refractivity contribution in [1.29, 1.82) is 0 Å². The minimum atomic E-state index is -0.545. The second kappa shape index (κ2) is 14.8. The SMILES string of the molecule is CCC=CC(=O)NOC(=O)C=CCCCCCCCCC. The van der Waals surface area contributed by atoms with E-state index in [9.17, 15) is 9.59 Å². The van der Waals surface area contributed by atoms with Crippen molar-refractivity contribution in [3.8, 4) is 0 Å². The number of carbonyl (C=O) groups is 2. The number of carbonyl (C=O) groups excluding carboxylic acids is 2. The van der Waals surface area contributed by atoms with Crippen LogP contribution in [0, 0.1) is 0 Å². The maximum Gasteiger partial charge on any atom is 0.355 e. The normalized spacial score (nSPS) is 11.1. The first kappa shape index (κ1) is 19.4. The highest BCUT2D eigenvalue weighted by atomic mass is 16.7. The van der Waals surface area contributed by atoms with Crippen LogP contribution >= 0.6 is 0 Å². The quantitative estimate of drug-likeness (QED) is 0.353. The number of hydroxylamine groups is 1. The number of allylic oxidation sites excluding steroid dienone is 2. The van der Waals surface area contributed by atoms with Crippen LogP contribution in [0.3, 0.4) is 0 Å². The van der Waals surface area contributed by atoms with Gasteiger partial charge in [0.1, 0.15) is 0 Å². The van der Waals surface area contributed by atoms with Gasteiger partial charge in [-0.15, -0.1) is 0 Å². The Morgan fingerprint density at radius 1 is 0.905 bits per heavy atom. The highest BCUT2D eigenvalue weighted by Crippen LogP contribution is 2.08. The summed E-state index contributed by atoms with van der Waals surface area (Å²) in [4.78, 5) is 27.0. The highest BCUT2D eigenvalue weighted by Gasteiger charge is 1.99. The molecule has 0 aliphatic rings. The van der Waals surface area contributed by atoms with Crippen molar-refractivity contribution >= 4 is 11.9 Å². The molecule has 4 heteroatoms. The molecule has 0 aliphatic carbocycles. The second-order valence-corrected chi connectivity index (χ2v) is 5.01. The molecule has 0 unspecified atom stereocenters. The van der Waals surface area contributed by atoms with Crippen LogP contribution in [0.2, 0.25) is 0 Å². The first-order chi connectivity index (χ1) is 10.2. The van der Waals surface area contributed by atoms with E-state index in [0.29, 0.717) is 0 Å². The van der Waals surface area contributed by atoms with Gasteiger partial charge in [0.25, 0.3) is 5.91 Å². The molecule has 0 radical (unpaired) electrons. The van der Waals surface area contributed by atoms with Gasteiger partial charge in [0, 0.05) is 12.2 Å². The molecular formula is C17H29NO3. The van der Waals surface area contributed by atoms with Gasteiger partial charge in [-0.2, -0.15) is 5.48 Å². The van der Waals surface area contributed by atoms with E-state index in [0.717, 1.165) is 19.3 Å². The number of unbranched alkanes of at least 4 members (excludes halogenated alkanes) is 7. The van der Waals surface area contributed by atoms with Gasteiger partial charge in [-0.1, -0.05) is 64.5 Å². The molecule has 0 rings (SSSR count). The predicted octanol–water partition coefficient (Wildman–Crippen LogP) is 4.22. The van der Waals surface area contributed by atoms with E-state index in [1.54, 1.807) is 12.2 Å². The van der Waals surface area contributed by atoms with Gasteiger partial charge in [0.15, 0.2) is 0 Å². The molecule has 21 heavy (non-hydrogen) atoms. The number of nitrogens with one attached hydrogen (secondary N) is 1. The van der Waals surface area contributed by atoms with Crippen molar-refractivity contribution in [3.63, 3.8) is 0 Å². The van der Waals surface area contributed by atoms with E-state index in [1.165, 1.54) is 50.7 Å². The lowest BCUT2D eigenvalue weighted by Gasteiger charge is -2.00. The van der Waals surface area contributed by atoms with Crippen molar-refractivity contribution in [2.24, 2.45) is 0 Å². The van der Waals surface area contributed by atoms with Crippen molar-refractivity contribution in [2.75, 3.05) is 0 Å². The average Bonchev–Trinajstić information content (AvgIpc) is 2.49. The van der Waals surface area contributed by atoms with Gasteiger partial charge in [0.2, 0.25) is 0 Å². The monoisotopic (exact) mass is 295 g/mol. The van der Waals surface area contributed by atoms with E-state index in [-0.39, 0.29) is 0 Å². The van der Waals surface area contributed by atoms with Crippen LogP contribution in [0.5, 0.6) is 0 Å². The Balaban J connectivity index is 3.50. The standard InChI is InChI=1S/C17H29NO3/c1-3-5-7-8-9-10-11-12-13-15-17(20)21-18-16(19)14-6-4-2/h6,13-15H,3-5,7-12H2,1-2H3,(H,18,19). The maximum absolute atomic E-state index is 11.3. The van der Waals surface area contributed by atoms with Crippen molar-refractivity contribution in [1.82, 2.24) is 5.48 Å². The molecule has 0 atom stereocenters. The van der Waals surface area contributed by atoms with E-state index in [4.69, 9.17) is 0 Å². The molecule has 0 saturated carbocycles. The summed E-state index contributed by atoms with van der Waals surface area (Å²) in [6.07, 6.45) is 16.6. The summed E-state index contributed by atoms with van der Waals surface area (Å²) in [5.74, 6) is -0.970. The molecule has 120 valence electrons. The van der Waals surface area contributed by atoms with Crippen LogP contribution in [-0.4, -0.2) is 11.9 Å². The summed E-state index contributed by atoms with van der Waals surface area (Å²) in [6.45, 7) is 4.13. The van der Waals surface area contributed by atoms with Gasteiger partial charge in [-0.3, -0.25) is 4.79 Å². The summed E-state index contributed by atoms with van der Waals surface area (Å²) in [5.41, 5.74) is 2.07. The summed E-state index contributed by atoms with van der Waals surface area (Å²) >= 11 is 0. The average molecular weight is 295 g/mol. The van der Waals surface area contributed by atoms with E-state index in [1.807, 2.05) is 6.92 Å². The van der Waals surface area contributed by atoms with Gasteiger partial charge in [-0.05, 0) is 19.3 Å². The Morgan fingerprint density at radius 2 is 1.57 bits per heavy atom. The van der Waals surface area contributed by atoms with Crippen LogP contribution in [0.1, 0.15) is 71.6 Å². The van der Waals surface area contributed by atoms with Crippen LogP contribution in [0.25, 0.3) is 0 Å². The molecule has 1 amide bonds. The van der Waals surface area contributed by atoms with E-state index in [2.05, 4.69) is 17.2 Å². The minimum absolute atomic E-state index is 0.425. The molecule has 4 nitrogen and oxygen atoms in total. The van der Waals surface area contributed by atoms with Crippen molar-refractivity contribution in [3.05, 3.63) is 24.3 Å². The Kier molecular flexibility index (Phi) is 13.7. The third kappa shape index (κ3) is 14.6. The summed E-state index contributed by atoms with van der Waals surface area (Å²) in [7, 11) is 0. The summed E-state index contributed by atoms with van der Waals surface area (Å²) in [5, 5.41) is 0. The molecule has 0 heterocycles. The summed E-state index contributed by atoms with van der Waals surface area (Å²) in [6, 6.07) is 0. The topological polar surface area (TPSA) is 55.4 Å². The lowest BCUT2D eigenvalue weighted by molar-refractivity contribution is -0.151. The van der Waals surface area contributed by atoms with Crippen LogP contribution in [-0.2, 0) is 14.4 Å². The predicted molar refractivity (Wildman–Crippen MR) is 85.4 cm³/mol. The van der Waals surface area contributed by atoms with Gasteiger partial charge in [0.05, 0.1) is 0 Å². The molecule has 1 N–H and O–H groups in total. The van der Waals surface area contributed by atoms with Crippen LogP contribution in [0.15, 0.2) is 24.3 Å². The molecule has 0 fully saturated rings. The number of hydrogen-bond acceptors (Lipinski definition) is 3. The first-order valence-electron chi connectivity index (χ1n) is 8.04. The van der Waals surface area contributed by atoms with Gasteiger partial charge in [-0.25, -0.2) is 4.79 Å². The maximum atomic E-state index is 11.3. The van der Waals surface area contributed by atoms with Gasteiger partial charge >= 0.3 is 5.97 Å². The third-order valence-electron chi connectivity index (χ3n) is 2.99. The first-order valence-corrected chi connectivity index (χ1v) is 8.04. The highest BCUT2D eigenvalue weighted by molar-refractivity contribution is 5.89. The summed E-state index contributed by atoms with van der Waals surface area (Å²) < 4.78 is 0. The zero-order chi connectivity index (χ0) is 15.8. The second-order valence-electron chi connectivity index (χ2n) is 5.01. The number of rotatable bonds is 11. The minimum Gasteiger partial charge on any atom is -0.336 e. The molecule has 0 aromatic heterocycles. The zero-order valence-corrected chi connectivity index (χ0v) is 13.4. The molecular weight excluding hydrogens is 266 g/mol. The van der Waals surface area contributed by atoms with Crippen molar-refractivity contribution in [2.45, 2.75) is 71.6 Å². The molecule has 0 aliphatic heterocycles. The Labute approximate surface area is 128 Å². The number of amides is 1. The molecule has 0 bridgehead atoms. The zero-order valence-electron chi connectivity index (χ0n) is 13.4. The fourth-order valence-electron chi connectivity index (χ4n) is 1.79. The van der Waals surface area contributed by atoms with Gasteiger partial charge < -0.3 is 4.84 Å². The number of hydrogen-bond donors (Lipinski definition) is 1. The molecule has 0 aromatic rings.